The summed E-state index contributed by atoms with van der Waals surface area (Å²) in [7, 11) is 1.98. The van der Waals surface area contributed by atoms with Crippen LogP contribution in [0.4, 0.5) is 5.82 Å². The van der Waals surface area contributed by atoms with E-state index in [-0.39, 0.29) is 0 Å². The van der Waals surface area contributed by atoms with Gasteiger partial charge in [-0.25, -0.2) is 0 Å². The molecule has 0 aromatic carbocycles. The second-order valence-electron chi connectivity index (χ2n) is 3.45. The Bertz CT molecular complexity index is 265. The van der Waals surface area contributed by atoms with Crippen LogP contribution in [0.25, 0.3) is 0 Å². The molecule has 0 saturated carbocycles. The largest absolute Gasteiger partial charge is 0.368 e. The van der Waals surface area contributed by atoms with Gasteiger partial charge in [0.1, 0.15) is 5.82 Å². The third-order valence-corrected chi connectivity index (χ3v) is 2.30. The van der Waals surface area contributed by atoms with Gasteiger partial charge in [0.15, 0.2) is 0 Å². The molecule has 3 heteroatoms. The molecule has 0 aliphatic heterocycles. The summed E-state index contributed by atoms with van der Waals surface area (Å²) in [4.78, 5) is 0. The Morgan fingerprint density at radius 3 is 2.69 bits per heavy atom. The zero-order valence-corrected chi connectivity index (χ0v) is 8.96. The van der Waals surface area contributed by atoms with Crippen LogP contribution in [-0.4, -0.2) is 15.8 Å². The van der Waals surface area contributed by atoms with E-state index < -0.39 is 0 Å². The van der Waals surface area contributed by atoms with Gasteiger partial charge in [0.25, 0.3) is 0 Å². The van der Waals surface area contributed by atoms with Gasteiger partial charge in [-0.2, -0.15) is 5.10 Å². The monoisotopic (exact) mass is 181 g/mol. The van der Waals surface area contributed by atoms with Crippen LogP contribution in [0.2, 0.25) is 0 Å². The molecule has 13 heavy (non-hydrogen) atoms. The molecule has 0 fully saturated rings. The Hall–Kier alpha value is -0.990. The SMILES string of the molecule is CCc1cc(NC(C)CC)n(C)n1. The van der Waals surface area contributed by atoms with Crippen molar-refractivity contribution in [3.63, 3.8) is 0 Å². The van der Waals surface area contributed by atoms with Crippen molar-refractivity contribution in [2.24, 2.45) is 7.05 Å². The van der Waals surface area contributed by atoms with E-state index in [0.717, 1.165) is 24.4 Å². The second-order valence-corrected chi connectivity index (χ2v) is 3.45. The van der Waals surface area contributed by atoms with E-state index in [1.165, 1.54) is 0 Å². The molecule has 1 rings (SSSR count). The van der Waals surface area contributed by atoms with Crippen molar-refractivity contribution in [1.82, 2.24) is 9.78 Å². The van der Waals surface area contributed by atoms with E-state index in [4.69, 9.17) is 0 Å². The van der Waals surface area contributed by atoms with Gasteiger partial charge in [0.2, 0.25) is 0 Å². The minimum Gasteiger partial charge on any atom is -0.368 e. The molecule has 0 aliphatic rings. The molecule has 1 aromatic heterocycles. The molecule has 1 atom stereocenters. The Labute approximate surface area is 80.1 Å². The van der Waals surface area contributed by atoms with Gasteiger partial charge >= 0.3 is 0 Å². The maximum atomic E-state index is 4.37. The molecule has 1 N–H and O–H groups in total. The normalized spacial score (nSPS) is 12.9. The molecular weight excluding hydrogens is 162 g/mol. The van der Waals surface area contributed by atoms with E-state index >= 15 is 0 Å². The van der Waals surface area contributed by atoms with Crippen LogP contribution >= 0.6 is 0 Å². The van der Waals surface area contributed by atoms with E-state index in [9.17, 15) is 0 Å². The first-order valence-electron chi connectivity index (χ1n) is 4.96. The van der Waals surface area contributed by atoms with Crippen LogP contribution < -0.4 is 5.32 Å². The van der Waals surface area contributed by atoms with Crippen LogP contribution in [0.15, 0.2) is 6.07 Å². The lowest BCUT2D eigenvalue weighted by Gasteiger charge is -2.11. The fourth-order valence-electron chi connectivity index (χ4n) is 1.19. The number of rotatable bonds is 4. The molecule has 0 radical (unpaired) electrons. The summed E-state index contributed by atoms with van der Waals surface area (Å²) in [5.41, 5.74) is 1.15. The maximum absolute atomic E-state index is 4.37. The lowest BCUT2D eigenvalue weighted by molar-refractivity contribution is 0.710. The van der Waals surface area contributed by atoms with Crippen molar-refractivity contribution >= 4 is 5.82 Å². The van der Waals surface area contributed by atoms with E-state index in [1.807, 2.05) is 11.7 Å². The molecule has 3 nitrogen and oxygen atoms in total. The average Bonchev–Trinajstić information content (AvgIpc) is 2.47. The number of hydrogen-bond acceptors (Lipinski definition) is 2. The highest BCUT2D eigenvalue weighted by Crippen LogP contribution is 2.11. The van der Waals surface area contributed by atoms with Crippen molar-refractivity contribution in [3.8, 4) is 0 Å². The highest BCUT2D eigenvalue weighted by atomic mass is 15.3. The first kappa shape index (κ1) is 10.1. The van der Waals surface area contributed by atoms with Crippen molar-refractivity contribution < 1.29 is 0 Å². The van der Waals surface area contributed by atoms with Crippen LogP contribution in [0, 0.1) is 0 Å². The van der Waals surface area contributed by atoms with Gasteiger partial charge in [0.05, 0.1) is 5.69 Å². The van der Waals surface area contributed by atoms with Gasteiger partial charge in [-0.05, 0) is 19.8 Å². The third kappa shape index (κ3) is 2.47. The minimum absolute atomic E-state index is 0.514. The van der Waals surface area contributed by atoms with E-state index in [2.05, 4.69) is 37.3 Å². The highest BCUT2D eigenvalue weighted by molar-refractivity contribution is 5.37. The number of aryl methyl sites for hydroxylation is 2. The molecule has 0 amide bonds. The first-order chi connectivity index (χ1) is 6.17. The topological polar surface area (TPSA) is 29.9 Å². The van der Waals surface area contributed by atoms with Crippen molar-refractivity contribution in [2.75, 3.05) is 5.32 Å². The predicted octanol–water partition coefficient (Wildman–Crippen LogP) is 2.19. The van der Waals surface area contributed by atoms with E-state index in [1.54, 1.807) is 0 Å². The summed E-state index contributed by atoms with van der Waals surface area (Å²) in [6.07, 6.45) is 2.13. The molecule has 1 heterocycles. The quantitative estimate of drug-likeness (QED) is 0.771. The fourth-order valence-corrected chi connectivity index (χ4v) is 1.19. The van der Waals surface area contributed by atoms with Gasteiger partial charge < -0.3 is 5.32 Å². The molecule has 1 unspecified atom stereocenters. The second kappa shape index (κ2) is 4.30. The molecular formula is C10H19N3. The Morgan fingerprint density at radius 1 is 1.54 bits per heavy atom. The number of anilines is 1. The number of nitrogens with one attached hydrogen (secondary N) is 1. The zero-order chi connectivity index (χ0) is 9.84. The van der Waals surface area contributed by atoms with Crippen LogP contribution in [0.5, 0.6) is 0 Å². The lowest BCUT2D eigenvalue weighted by atomic mass is 10.2. The van der Waals surface area contributed by atoms with Crippen molar-refractivity contribution in [1.29, 1.82) is 0 Å². The smallest absolute Gasteiger partial charge is 0.124 e. The summed E-state index contributed by atoms with van der Waals surface area (Å²) in [6.45, 7) is 6.47. The Morgan fingerprint density at radius 2 is 2.23 bits per heavy atom. The molecule has 0 bridgehead atoms. The average molecular weight is 181 g/mol. The van der Waals surface area contributed by atoms with Gasteiger partial charge in [-0.1, -0.05) is 13.8 Å². The van der Waals surface area contributed by atoms with Gasteiger partial charge in [-0.15, -0.1) is 0 Å². The fraction of sp³-hybridized carbons (Fsp3) is 0.700. The van der Waals surface area contributed by atoms with Crippen LogP contribution in [-0.2, 0) is 13.5 Å². The minimum atomic E-state index is 0.514. The number of aromatic nitrogens is 2. The molecule has 74 valence electrons. The Kier molecular flexibility index (Phi) is 3.34. The molecule has 0 spiro atoms. The summed E-state index contributed by atoms with van der Waals surface area (Å²) >= 11 is 0. The molecule has 0 aliphatic carbocycles. The highest BCUT2D eigenvalue weighted by Gasteiger charge is 2.05. The summed E-state index contributed by atoms with van der Waals surface area (Å²) in [5, 5.41) is 7.79. The van der Waals surface area contributed by atoms with Gasteiger partial charge in [-0.3, -0.25) is 4.68 Å². The predicted molar refractivity (Wildman–Crippen MR) is 56.0 cm³/mol. The van der Waals surface area contributed by atoms with Crippen LogP contribution in [0.1, 0.15) is 32.9 Å². The van der Waals surface area contributed by atoms with Crippen molar-refractivity contribution in [2.45, 2.75) is 39.7 Å². The number of hydrogen-bond donors (Lipinski definition) is 1. The van der Waals surface area contributed by atoms with Gasteiger partial charge in [0, 0.05) is 19.2 Å². The third-order valence-electron chi connectivity index (χ3n) is 2.30. The first-order valence-corrected chi connectivity index (χ1v) is 4.96. The van der Waals surface area contributed by atoms with Crippen molar-refractivity contribution in [3.05, 3.63) is 11.8 Å². The van der Waals surface area contributed by atoms with Crippen LogP contribution in [0.3, 0.4) is 0 Å². The maximum Gasteiger partial charge on any atom is 0.124 e. The van der Waals surface area contributed by atoms with E-state index in [0.29, 0.717) is 6.04 Å². The summed E-state index contributed by atoms with van der Waals surface area (Å²) in [6, 6.07) is 2.63. The molecule has 0 saturated heterocycles. The number of nitrogens with zero attached hydrogens (tertiary/aromatic N) is 2. The summed E-state index contributed by atoms with van der Waals surface area (Å²) in [5.74, 6) is 1.12. The summed E-state index contributed by atoms with van der Waals surface area (Å²) < 4.78 is 1.91. The standard InChI is InChI=1S/C10H19N3/c1-5-8(3)11-10-7-9(6-2)12-13(10)4/h7-8,11H,5-6H2,1-4H3. The lowest BCUT2D eigenvalue weighted by Crippen LogP contribution is -2.15. The zero-order valence-electron chi connectivity index (χ0n) is 8.96. The molecule has 1 aromatic rings. The Balaban J connectivity index is 2.70.